The Balaban J connectivity index is 2.84. The van der Waals surface area contributed by atoms with Crippen molar-refractivity contribution in [2.45, 2.75) is 96.6 Å². The molecule has 2 unspecified atom stereocenters. The monoisotopic (exact) mass is 300 g/mol. The van der Waals surface area contributed by atoms with E-state index in [1.54, 1.807) is 0 Å². The molecule has 1 heterocycles. The minimum Gasteiger partial charge on any atom is -0.392 e. The predicted octanol–water partition coefficient (Wildman–Crippen LogP) is 2.14. The molecule has 0 aromatic heterocycles. The van der Waals surface area contributed by atoms with E-state index in [0.717, 1.165) is 25.7 Å². The molecular formula is C17H36N2O2. The van der Waals surface area contributed by atoms with Gasteiger partial charge in [0.25, 0.3) is 0 Å². The highest BCUT2D eigenvalue weighted by Gasteiger charge is 2.40. The molecule has 21 heavy (non-hydrogen) atoms. The van der Waals surface area contributed by atoms with Crippen LogP contribution in [-0.2, 0) is 0 Å². The summed E-state index contributed by atoms with van der Waals surface area (Å²) in [5.41, 5.74) is 0.165. The summed E-state index contributed by atoms with van der Waals surface area (Å²) in [5, 5.41) is 23.8. The van der Waals surface area contributed by atoms with Crippen LogP contribution in [0, 0.1) is 0 Å². The Morgan fingerprint density at radius 3 is 1.67 bits per heavy atom. The lowest BCUT2D eigenvalue weighted by atomic mass is 9.79. The molecule has 4 heteroatoms. The number of hydrogen-bond donors (Lipinski definition) is 3. The Morgan fingerprint density at radius 1 is 0.952 bits per heavy atom. The zero-order valence-corrected chi connectivity index (χ0v) is 14.8. The standard InChI is InChI=1S/C17H36N2O2/c1-7-14(20)11-19(12-15(21)8-2)13-9-16(3,4)18-17(5,6)10-13/h13-15,18,20-21H,7-12H2,1-6H3. The Morgan fingerprint density at radius 2 is 1.33 bits per heavy atom. The summed E-state index contributed by atoms with van der Waals surface area (Å²) in [7, 11) is 0. The highest BCUT2D eigenvalue weighted by molar-refractivity contribution is 5.00. The zero-order chi connectivity index (χ0) is 16.3. The third kappa shape index (κ3) is 6.23. The summed E-state index contributed by atoms with van der Waals surface area (Å²) < 4.78 is 0. The van der Waals surface area contributed by atoms with Gasteiger partial charge in [-0.15, -0.1) is 0 Å². The summed E-state index contributed by atoms with van der Waals surface area (Å²) in [6.45, 7) is 14.3. The molecule has 1 aliphatic heterocycles. The van der Waals surface area contributed by atoms with Gasteiger partial charge in [-0.05, 0) is 53.4 Å². The first-order valence-electron chi connectivity index (χ1n) is 8.48. The van der Waals surface area contributed by atoms with Gasteiger partial charge in [-0.2, -0.15) is 0 Å². The molecule has 0 spiro atoms. The van der Waals surface area contributed by atoms with E-state index in [1.807, 2.05) is 13.8 Å². The average Bonchev–Trinajstić information content (AvgIpc) is 2.33. The number of aliphatic hydroxyl groups is 2. The normalized spacial score (nSPS) is 25.0. The van der Waals surface area contributed by atoms with E-state index in [2.05, 4.69) is 37.9 Å². The minimum absolute atomic E-state index is 0.0823. The molecule has 1 fully saturated rings. The quantitative estimate of drug-likeness (QED) is 0.674. The van der Waals surface area contributed by atoms with Crippen molar-refractivity contribution in [3.63, 3.8) is 0 Å². The maximum atomic E-state index is 10.1. The van der Waals surface area contributed by atoms with Gasteiger partial charge in [0.1, 0.15) is 0 Å². The average molecular weight is 300 g/mol. The number of nitrogens with zero attached hydrogens (tertiary/aromatic N) is 1. The highest BCUT2D eigenvalue weighted by atomic mass is 16.3. The Bertz CT molecular complexity index is 290. The molecule has 4 nitrogen and oxygen atoms in total. The largest absolute Gasteiger partial charge is 0.392 e. The molecule has 2 atom stereocenters. The smallest absolute Gasteiger partial charge is 0.0664 e. The van der Waals surface area contributed by atoms with Crippen LogP contribution < -0.4 is 5.32 Å². The van der Waals surface area contributed by atoms with Gasteiger partial charge in [-0.25, -0.2) is 0 Å². The van der Waals surface area contributed by atoms with Gasteiger partial charge in [0, 0.05) is 30.2 Å². The molecule has 3 N–H and O–H groups in total. The lowest BCUT2D eigenvalue weighted by molar-refractivity contribution is 0.00412. The van der Waals surface area contributed by atoms with Crippen molar-refractivity contribution in [3.05, 3.63) is 0 Å². The number of rotatable bonds is 7. The second-order valence-electron chi connectivity index (χ2n) is 8.03. The molecule has 1 rings (SSSR count). The Kier molecular flexibility index (Phi) is 6.66. The number of aliphatic hydroxyl groups excluding tert-OH is 2. The van der Waals surface area contributed by atoms with Crippen molar-refractivity contribution in [2.75, 3.05) is 13.1 Å². The van der Waals surface area contributed by atoms with E-state index >= 15 is 0 Å². The molecule has 0 aliphatic carbocycles. The van der Waals surface area contributed by atoms with Gasteiger partial charge >= 0.3 is 0 Å². The summed E-state index contributed by atoms with van der Waals surface area (Å²) >= 11 is 0. The first kappa shape index (κ1) is 18.9. The van der Waals surface area contributed by atoms with Crippen molar-refractivity contribution in [2.24, 2.45) is 0 Å². The van der Waals surface area contributed by atoms with Crippen LogP contribution in [-0.4, -0.2) is 57.5 Å². The Labute approximate surface area is 130 Å². The molecule has 1 aliphatic rings. The van der Waals surface area contributed by atoms with Crippen molar-refractivity contribution in [1.82, 2.24) is 10.2 Å². The summed E-state index contributed by atoms with van der Waals surface area (Å²) in [6.07, 6.45) is 2.99. The lowest BCUT2D eigenvalue weighted by Crippen LogP contribution is -2.63. The van der Waals surface area contributed by atoms with Crippen molar-refractivity contribution in [1.29, 1.82) is 0 Å². The fourth-order valence-electron chi connectivity index (χ4n) is 3.70. The van der Waals surface area contributed by atoms with Gasteiger partial charge in [0.05, 0.1) is 12.2 Å². The van der Waals surface area contributed by atoms with Crippen molar-refractivity contribution >= 4 is 0 Å². The minimum atomic E-state index is -0.310. The van der Waals surface area contributed by atoms with Crippen LogP contribution in [0.1, 0.15) is 67.2 Å². The van der Waals surface area contributed by atoms with Crippen LogP contribution in [0.25, 0.3) is 0 Å². The van der Waals surface area contributed by atoms with Gasteiger partial charge in [-0.1, -0.05) is 13.8 Å². The molecule has 0 amide bonds. The number of hydrogen-bond acceptors (Lipinski definition) is 4. The third-order valence-corrected chi connectivity index (χ3v) is 4.52. The molecule has 0 aromatic rings. The molecule has 0 radical (unpaired) electrons. The molecule has 0 aromatic carbocycles. The second kappa shape index (κ2) is 7.40. The predicted molar refractivity (Wildman–Crippen MR) is 88.5 cm³/mol. The lowest BCUT2D eigenvalue weighted by Gasteiger charge is -2.50. The first-order valence-corrected chi connectivity index (χ1v) is 8.48. The zero-order valence-electron chi connectivity index (χ0n) is 14.8. The van der Waals surface area contributed by atoms with Crippen LogP contribution in [0.3, 0.4) is 0 Å². The van der Waals surface area contributed by atoms with Crippen LogP contribution >= 0.6 is 0 Å². The van der Waals surface area contributed by atoms with E-state index in [9.17, 15) is 10.2 Å². The molecular weight excluding hydrogens is 264 g/mol. The maximum absolute atomic E-state index is 10.1. The summed E-state index contributed by atoms with van der Waals surface area (Å²) in [5.74, 6) is 0. The van der Waals surface area contributed by atoms with Gasteiger partial charge in [0.2, 0.25) is 0 Å². The fraction of sp³-hybridized carbons (Fsp3) is 1.00. The third-order valence-electron chi connectivity index (χ3n) is 4.52. The van der Waals surface area contributed by atoms with E-state index < -0.39 is 0 Å². The van der Waals surface area contributed by atoms with Crippen molar-refractivity contribution < 1.29 is 10.2 Å². The van der Waals surface area contributed by atoms with E-state index in [0.29, 0.717) is 19.1 Å². The highest BCUT2D eigenvalue weighted by Crippen LogP contribution is 2.32. The van der Waals surface area contributed by atoms with Gasteiger partial charge < -0.3 is 15.5 Å². The number of nitrogens with one attached hydrogen (secondary N) is 1. The van der Waals surface area contributed by atoms with Gasteiger partial charge in [0.15, 0.2) is 0 Å². The van der Waals surface area contributed by atoms with Crippen LogP contribution in [0.2, 0.25) is 0 Å². The fourth-order valence-corrected chi connectivity index (χ4v) is 3.70. The topological polar surface area (TPSA) is 55.7 Å². The molecule has 0 bridgehead atoms. The van der Waals surface area contributed by atoms with E-state index in [1.165, 1.54) is 0 Å². The summed E-state index contributed by atoms with van der Waals surface area (Å²) in [4.78, 5) is 2.31. The van der Waals surface area contributed by atoms with E-state index in [-0.39, 0.29) is 23.3 Å². The van der Waals surface area contributed by atoms with Crippen LogP contribution in [0.15, 0.2) is 0 Å². The van der Waals surface area contributed by atoms with Crippen molar-refractivity contribution in [3.8, 4) is 0 Å². The number of piperidine rings is 1. The summed E-state index contributed by atoms with van der Waals surface area (Å²) in [6, 6.07) is 0.402. The van der Waals surface area contributed by atoms with Crippen LogP contribution in [0.4, 0.5) is 0 Å². The van der Waals surface area contributed by atoms with E-state index in [4.69, 9.17) is 0 Å². The first-order chi connectivity index (χ1) is 9.58. The molecule has 1 saturated heterocycles. The molecule has 126 valence electrons. The van der Waals surface area contributed by atoms with Gasteiger partial charge in [-0.3, -0.25) is 4.90 Å². The SMILES string of the molecule is CCC(O)CN(CC(O)CC)C1CC(C)(C)NC(C)(C)C1. The molecule has 0 saturated carbocycles. The van der Waals surface area contributed by atoms with Crippen LogP contribution in [0.5, 0.6) is 0 Å². The Hall–Kier alpha value is -0.160. The second-order valence-corrected chi connectivity index (χ2v) is 8.03. The maximum Gasteiger partial charge on any atom is 0.0664 e.